The Labute approximate surface area is 41.8 Å². The molecule has 0 heterocycles. The Bertz CT molecular complexity index is 68.6. The Morgan fingerprint density at radius 2 is 1.86 bits per heavy atom. The van der Waals surface area contributed by atoms with Crippen molar-refractivity contribution in [2.45, 2.75) is 19.5 Å². The molecule has 0 aliphatic carbocycles. The molecule has 0 aromatic carbocycles. The summed E-state index contributed by atoms with van der Waals surface area (Å²) in [7, 11) is 0. The molecule has 0 radical (unpaired) electrons. The molecule has 0 saturated carbocycles. The minimum atomic E-state index is -1.51. The molecule has 0 rings (SSSR count). The minimum absolute atomic E-state index is 0.208. The minimum Gasteiger partial charge on any atom is -0.240 e. The zero-order valence-corrected chi connectivity index (χ0v) is 4.41. The fourth-order valence-corrected chi connectivity index (χ4v) is 0.150. The van der Waals surface area contributed by atoms with Crippen LogP contribution in [0.15, 0.2) is 12.4 Å². The lowest BCUT2D eigenvalue weighted by Crippen LogP contribution is -2.04. The molecule has 0 aromatic heterocycles. The van der Waals surface area contributed by atoms with Gasteiger partial charge < -0.3 is 0 Å². The first-order valence-electron chi connectivity index (χ1n) is 2.03. The van der Waals surface area contributed by atoms with Crippen molar-refractivity contribution in [3.8, 4) is 0 Å². The molecule has 0 bridgehead atoms. The van der Waals surface area contributed by atoms with Gasteiger partial charge in [-0.05, 0) is 19.9 Å². The molecule has 2 heteroatoms. The zero-order chi connectivity index (χ0) is 5.91. The highest BCUT2D eigenvalue weighted by atomic mass is 19.1. The van der Waals surface area contributed by atoms with E-state index in [4.69, 9.17) is 0 Å². The molecule has 7 heavy (non-hydrogen) atoms. The quantitative estimate of drug-likeness (QED) is 0.480. The van der Waals surface area contributed by atoms with Crippen molar-refractivity contribution in [1.82, 2.24) is 0 Å². The lowest BCUT2D eigenvalue weighted by molar-refractivity contribution is 0.284. The first-order valence-corrected chi connectivity index (χ1v) is 2.03. The van der Waals surface area contributed by atoms with Crippen molar-refractivity contribution in [3.63, 3.8) is 0 Å². The van der Waals surface area contributed by atoms with Crippen LogP contribution in [-0.4, -0.2) is 5.67 Å². The van der Waals surface area contributed by atoms with Gasteiger partial charge in [0.05, 0.1) is 6.33 Å². The van der Waals surface area contributed by atoms with Crippen molar-refractivity contribution in [1.29, 1.82) is 0 Å². The molecule has 0 unspecified atom stereocenters. The van der Waals surface area contributed by atoms with E-state index in [0.717, 1.165) is 6.08 Å². The van der Waals surface area contributed by atoms with Gasteiger partial charge >= 0.3 is 0 Å². The number of halogens is 2. The molecule has 0 spiro atoms. The van der Waals surface area contributed by atoms with E-state index < -0.39 is 5.67 Å². The van der Waals surface area contributed by atoms with E-state index in [1.165, 1.54) is 13.8 Å². The second-order valence-corrected chi connectivity index (χ2v) is 1.86. The average Bonchev–Trinajstić information content (AvgIpc) is 1.30. The van der Waals surface area contributed by atoms with E-state index in [0.29, 0.717) is 0 Å². The van der Waals surface area contributed by atoms with Crippen molar-refractivity contribution in [3.05, 3.63) is 12.4 Å². The van der Waals surface area contributed by atoms with Gasteiger partial charge in [-0.25, -0.2) is 8.78 Å². The molecule has 0 aromatic rings. The maximum Gasteiger partial charge on any atom is 0.126 e. The smallest absolute Gasteiger partial charge is 0.126 e. The molecule has 0 aliphatic heterocycles. The van der Waals surface area contributed by atoms with Crippen LogP contribution >= 0.6 is 0 Å². The lowest BCUT2D eigenvalue weighted by atomic mass is 10.2. The van der Waals surface area contributed by atoms with Crippen molar-refractivity contribution in [2.24, 2.45) is 0 Å². The monoisotopic (exact) mass is 106 g/mol. The number of hydrogen-bond donors (Lipinski definition) is 0. The maximum atomic E-state index is 12.1. The second-order valence-electron chi connectivity index (χ2n) is 1.86. The topological polar surface area (TPSA) is 0 Å². The molecule has 0 saturated heterocycles. The zero-order valence-electron chi connectivity index (χ0n) is 4.41. The average molecular weight is 106 g/mol. The summed E-state index contributed by atoms with van der Waals surface area (Å²) < 4.78 is 23.1. The summed E-state index contributed by atoms with van der Waals surface area (Å²) in [5.74, 6) is 0. The van der Waals surface area contributed by atoms with E-state index in [-0.39, 0.29) is 6.33 Å². The van der Waals surface area contributed by atoms with Crippen molar-refractivity contribution in [2.75, 3.05) is 0 Å². The van der Waals surface area contributed by atoms with Gasteiger partial charge in [-0.1, -0.05) is 0 Å². The first-order chi connectivity index (χ1) is 3.06. The van der Waals surface area contributed by atoms with Gasteiger partial charge in [0.2, 0.25) is 0 Å². The Morgan fingerprint density at radius 3 is 1.86 bits per heavy atom. The molecule has 42 valence electrons. The molecule has 0 atom stereocenters. The highest BCUT2D eigenvalue weighted by Crippen LogP contribution is 2.08. The Balaban J connectivity index is 3.56. The number of alkyl halides is 1. The largest absolute Gasteiger partial charge is 0.240 e. The molecule has 0 fully saturated rings. The number of hydrogen-bond acceptors (Lipinski definition) is 0. The predicted octanol–water partition coefficient (Wildman–Crippen LogP) is 2.22. The Kier molecular flexibility index (Phi) is 1.93. The van der Waals surface area contributed by atoms with Gasteiger partial charge in [0.1, 0.15) is 5.67 Å². The number of allylic oxidation sites excluding steroid dienone is 1. The van der Waals surface area contributed by atoms with Crippen LogP contribution < -0.4 is 0 Å². The summed E-state index contributed by atoms with van der Waals surface area (Å²) in [4.78, 5) is 0. The van der Waals surface area contributed by atoms with E-state index in [9.17, 15) is 8.78 Å². The molecule has 0 aliphatic rings. The lowest BCUT2D eigenvalue weighted by Gasteiger charge is -2.03. The normalized spacial score (nSPS) is 13.1. The third-order valence-electron chi connectivity index (χ3n) is 0.459. The summed E-state index contributed by atoms with van der Waals surface area (Å²) in [5, 5.41) is 0. The highest BCUT2D eigenvalue weighted by Gasteiger charge is 2.08. The Morgan fingerprint density at radius 1 is 1.43 bits per heavy atom. The third-order valence-corrected chi connectivity index (χ3v) is 0.459. The predicted molar refractivity (Wildman–Crippen MR) is 25.4 cm³/mol. The van der Waals surface area contributed by atoms with Gasteiger partial charge in [-0.15, -0.1) is 0 Å². The standard InChI is InChI=1S/C5H8F2/c1-5(2,7)3-4-6/h3-4H,1-2H3/b4-3+. The summed E-state index contributed by atoms with van der Waals surface area (Å²) in [6.45, 7) is 2.56. The SMILES string of the molecule is CC(C)(F)/C=C/F. The van der Waals surface area contributed by atoms with Crippen molar-refractivity contribution >= 4 is 0 Å². The van der Waals surface area contributed by atoms with Crippen LogP contribution in [0.25, 0.3) is 0 Å². The van der Waals surface area contributed by atoms with E-state index >= 15 is 0 Å². The third kappa shape index (κ3) is 5.60. The van der Waals surface area contributed by atoms with E-state index in [2.05, 4.69) is 0 Å². The molecule has 0 N–H and O–H groups in total. The van der Waals surface area contributed by atoms with Crippen LogP contribution in [0.5, 0.6) is 0 Å². The van der Waals surface area contributed by atoms with Gasteiger partial charge in [-0.2, -0.15) is 0 Å². The van der Waals surface area contributed by atoms with Crippen LogP contribution in [0.3, 0.4) is 0 Å². The maximum absolute atomic E-state index is 12.1. The fraction of sp³-hybridized carbons (Fsp3) is 0.600. The molecular formula is C5H8F2. The van der Waals surface area contributed by atoms with Gasteiger partial charge in [-0.3, -0.25) is 0 Å². The van der Waals surface area contributed by atoms with Crippen LogP contribution in [0.1, 0.15) is 13.8 Å². The van der Waals surface area contributed by atoms with Crippen LogP contribution in [-0.2, 0) is 0 Å². The molecule has 0 nitrogen and oxygen atoms in total. The van der Waals surface area contributed by atoms with Crippen LogP contribution in [0, 0.1) is 0 Å². The van der Waals surface area contributed by atoms with Crippen LogP contribution in [0.4, 0.5) is 8.78 Å². The summed E-state index contributed by atoms with van der Waals surface area (Å²) in [6, 6.07) is 0. The van der Waals surface area contributed by atoms with Crippen LogP contribution in [0.2, 0.25) is 0 Å². The Hall–Kier alpha value is -0.400. The molecular weight excluding hydrogens is 98.1 g/mol. The fourth-order valence-electron chi connectivity index (χ4n) is 0.150. The summed E-state index contributed by atoms with van der Waals surface area (Å²) >= 11 is 0. The molecule has 0 amide bonds. The van der Waals surface area contributed by atoms with Crippen molar-refractivity contribution < 1.29 is 8.78 Å². The van der Waals surface area contributed by atoms with E-state index in [1.807, 2.05) is 0 Å². The van der Waals surface area contributed by atoms with E-state index in [1.54, 1.807) is 0 Å². The van der Waals surface area contributed by atoms with Gasteiger partial charge in [0.15, 0.2) is 0 Å². The summed E-state index contributed by atoms with van der Waals surface area (Å²) in [6.07, 6.45) is 1.06. The number of rotatable bonds is 1. The van der Waals surface area contributed by atoms with Gasteiger partial charge in [0, 0.05) is 0 Å². The van der Waals surface area contributed by atoms with Gasteiger partial charge in [0.25, 0.3) is 0 Å². The second kappa shape index (κ2) is 2.05. The highest BCUT2D eigenvalue weighted by molar-refractivity contribution is 4.90. The first kappa shape index (κ1) is 6.60. The summed E-state index contributed by atoms with van der Waals surface area (Å²) in [5.41, 5.74) is -1.51.